The second kappa shape index (κ2) is 9.73. The van der Waals surface area contributed by atoms with Gasteiger partial charge in [-0.2, -0.15) is 0 Å². The van der Waals surface area contributed by atoms with Crippen LogP contribution in [0, 0.1) is 5.92 Å². The summed E-state index contributed by atoms with van der Waals surface area (Å²) in [6.45, 7) is 5.15. The van der Waals surface area contributed by atoms with E-state index in [1.54, 1.807) is 0 Å². The van der Waals surface area contributed by atoms with Gasteiger partial charge in [-0.25, -0.2) is 0 Å². The fraction of sp³-hybridized carbons (Fsp3) is 0.480. The highest BCUT2D eigenvalue weighted by molar-refractivity contribution is 5.86. The van der Waals surface area contributed by atoms with E-state index in [2.05, 4.69) is 50.2 Å². The van der Waals surface area contributed by atoms with Gasteiger partial charge in [0.25, 0.3) is 0 Å². The number of ketones is 1. The van der Waals surface area contributed by atoms with Crippen LogP contribution in [0.3, 0.4) is 0 Å². The van der Waals surface area contributed by atoms with Crippen molar-refractivity contribution in [2.45, 2.75) is 64.7 Å². The Morgan fingerprint density at radius 2 is 1.56 bits per heavy atom. The molecular formula is C25H32O2. The Kier molecular flexibility index (Phi) is 7.09. The second-order valence-corrected chi connectivity index (χ2v) is 7.80. The van der Waals surface area contributed by atoms with Crippen LogP contribution < -0.4 is 4.74 Å². The monoisotopic (exact) mass is 364 g/mol. The van der Waals surface area contributed by atoms with Crippen LogP contribution in [0.25, 0.3) is 11.1 Å². The molecule has 0 saturated heterocycles. The first-order chi connectivity index (χ1) is 13.2. The SMILES string of the molecule is CCCCOc1ccc(-c2ccc([C@@H]3CC[C@@H](CCC)CC3=O)cc2)cc1. The van der Waals surface area contributed by atoms with Crippen LogP contribution in [0.15, 0.2) is 48.5 Å². The molecule has 0 N–H and O–H groups in total. The molecule has 2 heteroatoms. The largest absolute Gasteiger partial charge is 0.494 e. The van der Waals surface area contributed by atoms with Gasteiger partial charge in [-0.1, -0.05) is 69.5 Å². The third kappa shape index (κ3) is 5.22. The fourth-order valence-electron chi connectivity index (χ4n) is 4.09. The molecule has 0 heterocycles. The zero-order valence-corrected chi connectivity index (χ0v) is 16.7. The van der Waals surface area contributed by atoms with Crippen molar-refractivity contribution in [2.75, 3.05) is 6.61 Å². The summed E-state index contributed by atoms with van der Waals surface area (Å²) in [6.07, 6.45) is 7.56. The van der Waals surface area contributed by atoms with Crippen LogP contribution >= 0.6 is 0 Å². The molecule has 0 aliphatic heterocycles. The predicted octanol–water partition coefficient (Wildman–Crippen LogP) is 6.79. The van der Waals surface area contributed by atoms with Crippen molar-refractivity contribution in [1.82, 2.24) is 0 Å². The van der Waals surface area contributed by atoms with E-state index in [9.17, 15) is 4.79 Å². The first kappa shape index (κ1) is 19.7. The number of rotatable bonds is 8. The molecule has 3 rings (SSSR count). The lowest BCUT2D eigenvalue weighted by Gasteiger charge is -2.27. The molecule has 27 heavy (non-hydrogen) atoms. The van der Waals surface area contributed by atoms with Crippen LogP contribution in [0.5, 0.6) is 5.75 Å². The molecule has 0 unspecified atom stereocenters. The number of Topliss-reactive ketones (excluding diaryl/α,β-unsaturated/α-hetero) is 1. The van der Waals surface area contributed by atoms with E-state index < -0.39 is 0 Å². The molecule has 0 amide bonds. The number of carbonyl (C=O) groups excluding carboxylic acids is 1. The summed E-state index contributed by atoms with van der Waals surface area (Å²) in [5.74, 6) is 2.07. The van der Waals surface area contributed by atoms with Gasteiger partial charge >= 0.3 is 0 Å². The molecule has 1 saturated carbocycles. The minimum absolute atomic E-state index is 0.0986. The maximum Gasteiger partial charge on any atom is 0.140 e. The molecule has 0 aromatic heterocycles. The van der Waals surface area contributed by atoms with Crippen molar-refractivity contribution in [3.63, 3.8) is 0 Å². The van der Waals surface area contributed by atoms with Crippen LogP contribution in [0.2, 0.25) is 0 Å². The summed E-state index contributed by atoms with van der Waals surface area (Å²) >= 11 is 0. The van der Waals surface area contributed by atoms with Gasteiger partial charge in [0.2, 0.25) is 0 Å². The standard InChI is InChI=1S/C25H32O2/c1-3-5-17-27-23-14-12-21(13-15-23)20-8-10-22(11-9-20)24-16-7-19(6-4-2)18-25(24)26/h8-15,19,24H,3-7,16-18H2,1-2H3/t19-,24+/m1/s1. The summed E-state index contributed by atoms with van der Waals surface area (Å²) in [5.41, 5.74) is 3.55. The molecule has 2 atom stereocenters. The molecule has 144 valence electrons. The summed E-state index contributed by atoms with van der Waals surface area (Å²) in [4.78, 5) is 12.6. The van der Waals surface area contributed by atoms with E-state index >= 15 is 0 Å². The Hall–Kier alpha value is -2.09. The van der Waals surface area contributed by atoms with Crippen molar-refractivity contribution < 1.29 is 9.53 Å². The Morgan fingerprint density at radius 3 is 2.15 bits per heavy atom. The highest BCUT2D eigenvalue weighted by Crippen LogP contribution is 2.35. The van der Waals surface area contributed by atoms with Crippen molar-refractivity contribution in [3.05, 3.63) is 54.1 Å². The summed E-state index contributed by atoms with van der Waals surface area (Å²) in [5, 5.41) is 0. The summed E-state index contributed by atoms with van der Waals surface area (Å²) in [7, 11) is 0. The number of ether oxygens (including phenoxy) is 1. The number of hydrogen-bond donors (Lipinski definition) is 0. The van der Waals surface area contributed by atoms with Crippen LogP contribution in [0.4, 0.5) is 0 Å². The molecule has 0 radical (unpaired) electrons. The van der Waals surface area contributed by atoms with Gasteiger partial charge in [0, 0.05) is 12.3 Å². The Labute approximate surface area is 164 Å². The molecule has 2 aromatic carbocycles. The molecule has 1 fully saturated rings. The topological polar surface area (TPSA) is 26.3 Å². The van der Waals surface area contributed by atoms with Gasteiger partial charge in [-0.05, 0) is 54.0 Å². The minimum atomic E-state index is 0.0986. The van der Waals surface area contributed by atoms with Gasteiger partial charge in [-0.3, -0.25) is 4.79 Å². The molecule has 0 bridgehead atoms. The Balaban J connectivity index is 1.62. The molecule has 1 aliphatic rings. The van der Waals surface area contributed by atoms with Crippen LogP contribution in [-0.2, 0) is 4.79 Å². The lowest BCUT2D eigenvalue weighted by molar-refractivity contribution is -0.123. The quantitative estimate of drug-likeness (QED) is 0.482. The number of unbranched alkanes of at least 4 members (excludes halogenated alkanes) is 1. The summed E-state index contributed by atoms with van der Waals surface area (Å²) < 4.78 is 5.74. The van der Waals surface area contributed by atoms with E-state index in [0.717, 1.165) is 38.0 Å². The lowest BCUT2D eigenvalue weighted by Crippen LogP contribution is -2.23. The van der Waals surface area contributed by atoms with Crippen LogP contribution in [-0.4, -0.2) is 12.4 Å². The van der Waals surface area contributed by atoms with Gasteiger partial charge in [-0.15, -0.1) is 0 Å². The van der Waals surface area contributed by atoms with Crippen molar-refractivity contribution in [2.24, 2.45) is 5.92 Å². The first-order valence-corrected chi connectivity index (χ1v) is 10.6. The van der Waals surface area contributed by atoms with Gasteiger partial charge in [0.1, 0.15) is 11.5 Å². The highest BCUT2D eigenvalue weighted by Gasteiger charge is 2.29. The average molecular weight is 365 g/mol. The molecular weight excluding hydrogens is 332 g/mol. The van der Waals surface area contributed by atoms with E-state index in [1.807, 2.05) is 12.1 Å². The third-order valence-electron chi connectivity index (χ3n) is 5.71. The third-order valence-corrected chi connectivity index (χ3v) is 5.71. The van der Waals surface area contributed by atoms with Gasteiger partial charge in [0.05, 0.1) is 6.61 Å². The lowest BCUT2D eigenvalue weighted by atomic mass is 9.76. The first-order valence-electron chi connectivity index (χ1n) is 10.6. The average Bonchev–Trinajstić information content (AvgIpc) is 2.69. The maximum atomic E-state index is 12.6. The zero-order chi connectivity index (χ0) is 19.1. The van der Waals surface area contributed by atoms with Crippen molar-refractivity contribution in [1.29, 1.82) is 0 Å². The molecule has 2 nitrogen and oxygen atoms in total. The van der Waals surface area contributed by atoms with E-state index in [1.165, 1.54) is 36.0 Å². The molecule has 0 spiro atoms. The summed E-state index contributed by atoms with van der Waals surface area (Å²) in [6, 6.07) is 16.9. The van der Waals surface area contributed by atoms with E-state index in [4.69, 9.17) is 4.74 Å². The highest BCUT2D eigenvalue weighted by atomic mass is 16.5. The second-order valence-electron chi connectivity index (χ2n) is 7.80. The van der Waals surface area contributed by atoms with E-state index in [-0.39, 0.29) is 5.92 Å². The van der Waals surface area contributed by atoms with Gasteiger partial charge < -0.3 is 4.74 Å². The predicted molar refractivity (Wildman–Crippen MR) is 112 cm³/mol. The molecule has 2 aromatic rings. The number of benzene rings is 2. The van der Waals surface area contributed by atoms with Crippen molar-refractivity contribution >= 4 is 5.78 Å². The van der Waals surface area contributed by atoms with Crippen molar-refractivity contribution in [3.8, 4) is 16.9 Å². The van der Waals surface area contributed by atoms with Crippen LogP contribution in [0.1, 0.15) is 70.3 Å². The number of hydrogen-bond acceptors (Lipinski definition) is 2. The zero-order valence-electron chi connectivity index (χ0n) is 16.7. The maximum absolute atomic E-state index is 12.6. The van der Waals surface area contributed by atoms with E-state index in [0.29, 0.717) is 11.7 Å². The van der Waals surface area contributed by atoms with Gasteiger partial charge in [0.15, 0.2) is 0 Å². The number of carbonyl (C=O) groups is 1. The minimum Gasteiger partial charge on any atom is -0.494 e. The Bertz CT molecular complexity index is 715. The smallest absolute Gasteiger partial charge is 0.140 e. The fourth-order valence-corrected chi connectivity index (χ4v) is 4.09. The Morgan fingerprint density at radius 1 is 0.889 bits per heavy atom. The molecule has 1 aliphatic carbocycles. The normalized spacial score (nSPS) is 19.9.